The molecule has 7 heteroatoms. The number of hydrogen-bond acceptors (Lipinski definition) is 7. The highest BCUT2D eigenvalue weighted by atomic mass is 16.5. The number of aromatic nitrogens is 3. The van der Waals surface area contributed by atoms with E-state index in [1.54, 1.807) is 0 Å². The van der Waals surface area contributed by atoms with Crippen molar-refractivity contribution in [3.8, 4) is 6.01 Å². The van der Waals surface area contributed by atoms with Crippen molar-refractivity contribution in [1.82, 2.24) is 15.0 Å². The van der Waals surface area contributed by atoms with E-state index in [1.165, 1.54) is 0 Å². The summed E-state index contributed by atoms with van der Waals surface area (Å²) in [4.78, 5) is 12.9. The lowest BCUT2D eigenvalue weighted by Gasteiger charge is -2.26. The normalized spacial score (nSPS) is 21.9. The standard InChI is InChI=1S/C14H25N5O2/c1-3-9-21-14-18-12(15-4-2)17-13(19-14)16-10-5-7-11(20)8-6-10/h10-11,20H,3-9H2,1-2H3,(H2,15,16,17,18,19). The van der Waals surface area contributed by atoms with Crippen molar-refractivity contribution < 1.29 is 9.84 Å². The summed E-state index contributed by atoms with van der Waals surface area (Å²) in [5, 5.41) is 16.0. The Kier molecular flexibility index (Phi) is 5.98. The third kappa shape index (κ3) is 5.00. The van der Waals surface area contributed by atoms with Crippen LogP contribution in [0.2, 0.25) is 0 Å². The Labute approximate surface area is 125 Å². The Morgan fingerprint density at radius 2 is 1.81 bits per heavy atom. The maximum atomic E-state index is 9.55. The van der Waals surface area contributed by atoms with Crippen molar-refractivity contribution in [1.29, 1.82) is 0 Å². The van der Waals surface area contributed by atoms with E-state index in [-0.39, 0.29) is 6.10 Å². The molecule has 0 aromatic carbocycles. The van der Waals surface area contributed by atoms with E-state index in [4.69, 9.17) is 4.74 Å². The van der Waals surface area contributed by atoms with Crippen LogP contribution < -0.4 is 15.4 Å². The molecule has 0 spiro atoms. The fourth-order valence-electron chi connectivity index (χ4n) is 2.32. The second-order valence-corrected chi connectivity index (χ2v) is 5.29. The summed E-state index contributed by atoms with van der Waals surface area (Å²) in [7, 11) is 0. The molecule has 21 heavy (non-hydrogen) atoms. The van der Waals surface area contributed by atoms with Crippen molar-refractivity contribution in [2.75, 3.05) is 23.8 Å². The number of hydrogen-bond donors (Lipinski definition) is 3. The van der Waals surface area contributed by atoms with Gasteiger partial charge in [-0.2, -0.15) is 15.0 Å². The number of aliphatic hydroxyl groups excluding tert-OH is 1. The molecule has 1 aromatic heterocycles. The van der Waals surface area contributed by atoms with Crippen LogP contribution in [0, 0.1) is 0 Å². The van der Waals surface area contributed by atoms with Crippen molar-refractivity contribution in [2.24, 2.45) is 0 Å². The van der Waals surface area contributed by atoms with Gasteiger partial charge in [-0.25, -0.2) is 0 Å². The Bertz CT molecular complexity index is 435. The van der Waals surface area contributed by atoms with E-state index < -0.39 is 0 Å². The van der Waals surface area contributed by atoms with Crippen LogP contribution in [0.15, 0.2) is 0 Å². The maximum absolute atomic E-state index is 9.55. The van der Waals surface area contributed by atoms with Gasteiger partial charge in [0, 0.05) is 12.6 Å². The minimum atomic E-state index is -0.165. The minimum absolute atomic E-state index is 0.165. The van der Waals surface area contributed by atoms with E-state index in [1.807, 2.05) is 13.8 Å². The molecule has 1 heterocycles. The fourth-order valence-corrected chi connectivity index (χ4v) is 2.32. The minimum Gasteiger partial charge on any atom is -0.463 e. The van der Waals surface area contributed by atoms with Gasteiger partial charge in [-0.15, -0.1) is 0 Å². The molecular formula is C14H25N5O2. The summed E-state index contributed by atoms with van der Waals surface area (Å²) >= 11 is 0. The zero-order valence-electron chi connectivity index (χ0n) is 12.8. The Balaban J connectivity index is 2.03. The average Bonchev–Trinajstić information content (AvgIpc) is 2.48. The van der Waals surface area contributed by atoms with Crippen molar-refractivity contribution in [3.05, 3.63) is 0 Å². The Hall–Kier alpha value is -1.63. The lowest BCUT2D eigenvalue weighted by molar-refractivity contribution is 0.126. The summed E-state index contributed by atoms with van der Waals surface area (Å²) in [5.74, 6) is 1.06. The highest BCUT2D eigenvalue weighted by molar-refractivity contribution is 5.36. The first kappa shape index (κ1) is 15.8. The van der Waals surface area contributed by atoms with E-state index in [9.17, 15) is 5.11 Å². The number of nitrogens with zero attached hydrogens (tertiary/aromatic N) is 3. The van der Waals surface area contributed by atoms with E-state index in [0.29, 0.717) is 30.6 Å². The van der Waals surface area contributed by atoms with Gasteiger partial charge < -0.3 is 20.5 Å². The molecule has 1 aliphatic rings. The molecule has 0 amide bonds. The summed E-state index contributed by atoms with van der Waals surface area (Å²) < 4.78 is 5.51. The summed E-state index contributed by atoms with van der Waals surface area (Å²) in [6.45, 7) is 5.36. The summed E-state index contributed by atoms with van der Waals surface area (Å²) in [6, 6.07) is 0.644. The zero-order chi connectivity index (χ0) is 15.1. The van der Waals surface area contributed by atoms with Crippen molar-refractivity contribution >= 4 is 11.9 Å². The summed E-state index contributed by atoms with van der Waals surface area (Å²) in [6.07, 6.45) is 4.24. The first-order valence-corrected chi connectivity index (χ1v) is 7.78. The number of aliphatic hydroxyl groups is 1. The molecule has 3 N–H and O–H groups in total. The highest BCUT2D eigenvalue weighted by Crippen LogP contribution is 2.22. The SMILES string of the molecule is CCCOc1nc(NCC)nc(NC2CCC(O)CC2)n1. The Morgan fingerprint density at radius 3 is 2.48 bits per heavy atom. The van der Waals surface area contributed by atoms with Crippen LogP contribution in [-0.4, -0.2) is 45.4 Å². The number of rotatable bonds is 7. The molecule has 0 atom stereocenters. The molecule has 2 rings (SSSR count). The average molecular weight is 295 g/mol. The topological polar surface area (TPSA) is 92.2 Å². The molecular weight excluding hydrogens is 270 g/mol. The monoisotopic (exact) mass is 295 g/mol. The highest BCUT2D eigenvalue weighted by Gasteiger charge is 2.20. The molecule has 1 aromatic rings. The zero-order valence-corrected chi connectivity index (χ0v) is 12.8. The van der Waals surface area contributed by atoms with Gasteiger partial charge in [0.05, 0.1) is 12.7 Å². The van der Waals surface area contributed by atoms with Crippen LogP contribution in [0.1, 0.15) is 46.0 Å². The van der Waals surface area contributed by atoms with Gasteiger partial charge >= 0.3 is 6.01 Å². The van der Waals surface area contributed by atoms with Gasteiger partial charge in [-0.3, -0.25) is 0 Å². The predicted molar refractivity (Wildman–Crippen MR) is 81.7 cm³/mol. The number of nitrogens with one attached hydrogen (secondary N) is 2. The molecule has 118 valence electrons. The van der Waals surface area contributed by atoms with E-state index >= 15 is 0 Å². The van der Waals surface area contributed by atoms with Crippen molar-refractivity contribution in [2.45, 2.75) is 58.1 Å². The fraction of sp³-hybridized carbons (Fsp3) is 0.786. The molecule has 1 saturated carbocycles. The summed E-state index contributed by atoms with van der Waals surface area (Å²) in [5.41, 5.74) is 0. The third-order valence-corrected chi connectivity index (χ3v) is 3.41. The third-order valence-electron chi connectivity index (χ3n) is 3.41. The quantitative estimate of drug-likeness (QED) is 0.706. The van der Waals surface area contributed by atoms with Crippen LogP contribution in [0.5, 0.6) is 6.01 Å². The van der Waals surface area contributed by atoms with Gasteiger partial charge in [0.1, 0.15) is 0 Å². The van der Waals surface area contributed by atoms with Crippen LogP contribution in [0.3, 0.4) is 0 Å². The first-order valence-electron chi connectivity index (χ1n) is 7.78. The number of anilines is 2. The molecule has 0 radical (unpaired) electrons. The first-order chi connectivity index (χ1) is 10.2. The van der Waals surface area contributed by atoms with Gasteiger partial charge in [0.15, 0.2) is 0 Å². The smallest absolute Gasteiger partial charge is 0.323 e. The largest absolute Gasteiger partial charge is 0.463 e. The van der Waals surface area contributed by atoms with Gasteiger partial charge in [-0.05, 0) is 39.0 Å². The molecule has 0 bridgehead atoms. The molecule has 1 aliphatic carbocycles. The van der Waals surface area contributed by atoms with Crippen LogP contribution in [-0.2, 0) is 0 Å². The molecule has 1 fully saturated rings. The predicted octanol–water partition coefficient (Wildman–Crippen LogP) is 1.81. The molecule has 0 aliphatic heterocycles. The number of ether oxygens (including phenoxy) is 1. The van der Waals surface area contributed by atoms with E-state index in [2.05, 4.69) is 25.6 Å². The van der Waals surface area contributed by atoms with Gasteiger partial charge in [0.2, 0.25) is 11.9 Å². The lowest BCUT2D eigenvalue weighted by Crippen LogP contribution is -2.29. The van der Waals surface area contributed by atoms with E-state index in [0.717, 1.165) is 38.6 Å². The van der Waals surface area contributed by atoms with Crippen LogP contribution in [0.25, 0.3) is 0 Å². The van der Waals surface area contributed by atoms with Gasteiger partial charge in [-0.1, -0.05) is 6.92 Å². The molecule has 7 nitrogen and oxygen atoms in total. The second-order valence-electron chi connectivity index (χ2n) is 5.29. The van der Waals surface area contributed by atoms with Crippen LogP contribution in [0.4, 0.5) is 11.9 Å². The van der Waals surface area contributed by atoms with Gasteiger partial charge in [0.25, 0.3) is 0 Å². The molecule has 0 saturated heterocycles. The maximum Gasteiger partial charge on any atom is 0.323 e. The Morgan fingerprint density at radius 1 is 1.10 bits per heavy atom. The van der Waals surface area contributed by atoms with Crippen LogP contribution >= 0.6 is 0 Å². The lowest BCUT2D eigenvalue weighted by atomic mass is 9.93. The second kappa shape index (κ2) is 7.97. The van der Waals surface area contributed by atoms with Crippen molar-refractivity contribution in [3.63, 3.8) is 0 Å². The molecule has 0 unspecified atom stereocenters.